The van der Waals surface area contributed by atoms with Crippen molar-refractivity contribution in [3.05, 3.63) is 34.9 Å². The molecule has 0 radical (unpaired) electrons. The second-order valence-electron chi connectivity index (χ2n) is 4.69. The molecule has 102 valence electrons. The van der Waals surface area contributed by atoms with Crippen LogP contribution in [0.2, 0.25) is 0 Å². The zero-order chi connectivity index (χ0) is 14.0. The minimum Gasteiger partial charge on any atom is -0.292 e. The van der Waals surface area contributed by atoms with Crippen molar-refractivity contribution in [1.82, 2.24) is 19.6 Å². The van der Waals surface area contributed by atoms with Crippen molar-refractivity contribution in [2.45, 2.75) is 40.2 Å². The van der Waals surface area contributed by atoms with E-state index >= 15 is 0 Å². The first-order chi connectivity index (χ1) is 9.05. The Morgan fingerprint density at radius 3 is 2.53 bits per heavy atom. The van der Waals surface area contributed by atoms with Gasteiger partial charge in [-0.2, -0.15) is 10.2 Å². The fourth-order valence-corrected chi connectivity index (χ4v) is 2.19. The Labute approximate surface area is 113 Å². The molecule has 0 aliphatic carbocycles. The lowest BCUT2D eigenvalue weighted by molar-refractivity contribution is 0.0980. The van der Waals surface area contributed by atoms with E-state index in [0.29, 0.717) is 18.7 Å². The number of carbonyl (C=O) groups is 1. The van der Waals surface area contributed by atoms with Crippen LogP contribution in [-0.2, 0) is 26.4 Å². The molecule has 0 N–H and O–H groups in total. The van der Waals surface area contributed by atoms with Crippen LogP contribution in [0.5, 0.6) is 0 Å². The SMILES string of the molecule is CCc1cc(C(=O)Cc2cc(C)nn2C)n(CC)n1. The van der Waals surface area contributed by atoms with E-state index in [1.54, 1.807) is 9.36 Å². The highest BCUT2D eigenvalue weighted by Crippen LogP contribution is 2.11. The fraction of sp³-hybridized carbons (Fsp3) is 0.500. The summed E-state index contributed by atoms with van der Waals surface area (Å²) < 4.78 is 3.55. The molecule has 0 unspecified atom stereocenters. The summed E-state index contributed by atoms with van der Waals surface area (Å²) in [4.78, 5) is 12.4. The number of nitrogens with zero attached hydrogens (tertiary/aromatic N) is 4. The zero-order valence-electron chi connectivity index (χ0n) is 12.0. The highest BCUT2D eigenvalue weighted by Gasteiger charge is 2.16. The van der Waals surface area contributed by atoms with Crippen LogP contribution in [0.4, 0.5) is 0 Å². The second kappa shape index (κ2) is 5.38. The topological polar surface area (TPSA) is 52.7 Å². The van der Waals surface area contributed by atoms with Gasteiger partial charge in [0, 0.05) is 19.3 Å². The minimum absolute atomic E-state index is 0.0945. The molecule has 0 amide bonds. The van der Waals surface area contributed by atoms with Crippen LogP contribution in [0.25, 0.3) is 0 Å². The first-order valence-corrected chi connectivity index (χ1v) is 6.64. The largest absolute Gasteiger partial charge is 0.292 e. The van der Waals surface area contributed by atoms with E-state index in [0.717, 1.165) is 23.5 Å². The highest BCUT2D eigenvalue weighted by molar-refractivity contribution is 5.96. The maximum absolute atomic E-state index is 12.4. The lowest BCUT2D eigenvalue weighted by Gasteiger charge is -2.04. The monoisotopic (exact) mass is 260 g/mol. The number of hydrogen-bond acceptors (Lipinski definition) is 3. The lowest BCUT2D eigenvalue weighted by atomic mass is 10.1. The number of rotatable bonds is 5. The van der Waals surface area contributed by atoms with Crippen molar-refractivity contribution in [2.24, 2.45) is 7.05 Å². The van der Waals surface area contributed by atoms with Crippen molar-refractivity contribution < 1.29 is 4.79 Å². The van der Waals surface area contributed by atoms with Crippen molar-refractivity contribution in [1.29, 1.82) is 0 Å². The fourth-order valence-electron chi connectivity index (χ4n) is 2.19. The van der Waals surface area contributed by atoms with Gasteiger partial charge in [0.25, 0.3) is 0 Å². The third-order valence-electron chi connectivity index (χ3n) is 3.22. The molecule has 0 fully saturated rings. The zero-order valence-corrected chi connectivity index (χ0v) is 12.0. The van der Waals surface area contributed by atoms with E-state index in [1.165, 1.54) is 0 Å². The van der Waals surface area contributed by atoms with E-state index in [1.807, 2.05) is 40.0 Å². The molecule has 0 spiro atoms. The molecule has 2 aromatic heterocycles. The van der Waals surface area contributed by atoms with E-state index in [9.17, 15) is 4.79 Å². The number of ketones is 1. The van der Waals surface area contributed by atoms with Gasteiger partial charge in [0.2, 0.25) is 0 Å². The van der Waals surface area contributed by atoms with Crippen LogP contribution >= 0.6 is 0 Å². The third kappa shape index (κ3) is 2.75. The molecule has 2 rings (SSSR count). The number of aryl methyl sites for hydroxylation is 4. The Bertz CT molecular complexity index is 595. The van der Waals surface area contributed by atoms with Crippen LogP contribution < -0.4 is 0 Å². The molecule has 19 heavy (non-hydrogen) atoms. The first-order valence-electron chi connectivity index (χ1n) is 6.64. The van der Waals surface area contributed by atoms with Crippen LogP contribution in [0.3, 0.4) is 0 Å². The summed E-state index contributed by atoms with van der Waals surface area (Å²) in [5.74, 6) is 0.0945. The van der Waals surface area contributed by atoms with Gasteiger partial charge in [-0.3, -0.25) is 14.2 Å². The Balaban J connectivity index is 2.24. The van der Waals surface area contributed by atoms with Gasteiger partial charge in [0.05, 0.1) is 17.8 Å². The number of Topliss-reactive ketones (excluding diaryl/α,β-unsaturated/α-hetero) is 1. The van der Waals surface area contributed by atoms with Crippen LogP contribution in [0.15, 0.2) is 12.1 Å². The lowest BCUT2D eigenvalue weighted by Crippen LogP contribution is -2.13. The number of hydrogen-bond donors (Lipinski definition) is 0. The van der Waals surface area contributed by atoms with Crippen LogP contribution in [0.1, 0.15) is 41.4 Å². The van der Waals surface area contributed by atoms with Gasteiger partial charge < -0.3 is 0 Å². The molecule has 0 aliphatic rings. The Kier molecular flexibility index (Phi) is 3.83. The van der Waals surface area contributed by atoms with E-state index in [4.69, 9.17) is 0 Å². The Hall–Kier alpha value is -1.91. The van der Waals surface area contributed by atoms with E-state index < -0.39 is 0 Å². The summed E-state index contributed by atoms with van der Waals surface area (Å²) in [6, 6.07) is 3.85. The average molecular weight is 260 g/mol. The first kappa shape index (κ1) is 13.5. The molecule has 0 aliphatic heterocycles. The molecule has 2 aromatic rings. The molecular weight excluding hydrogens is 240 g/mol. The Morgan fingerprint density at radius 1 is 1.26 bits per heavy atom. The van der Waals surface area contributed by atoms with Gasteiger partial charge in [-0.1, -0.05) is 6.92 Å². The van der Waals surface area contributed by atoms with Gasteiger partial charge in [0.15, 0.2) is 5.78 Å². The minimum atomic E-state index is 0.0945. The van der Waals surface area contributed by atoms with Crippen molar-refractivity contribution in [2.75, 3.05) is 0 Å². The summed E-state index contributed by atoms with van der Waals surface area (Å²) in [5.41, 5.74) is 3.53. The molecule has 2 heterocycles. The van der Waals surface area contributed by atoms with Gasteiger partial charge >= 0.3 is 0 Å². The standard InChI is InChI=1S/C14H20N4O/c1-5-11-8-13(18(6-2)16-11)14(19)9-12-7-10(3)15-17(12)4/h7-8H,5-6,9H2,1-4H3. The molecule has 0 saturated carbocycles. The molecule has 5 nitrogen and oxygen atoms in total. The molecule has 0 bridgehead atoms. The average Bonchev–Trinajstić information content (AvgIpc) is 2.93. The van der Waals surface area contributed by atoms with Gasteiger partial charge in [-0.25, -0.2) is 0 Å². The number of aromatic nitrogens is 4. The summed E-state index contributed by atoms with van der Waals surface area (Å²) >= 11 is 0. The molecule has 0 aromatic carbocycles. The van der Waals surface area contributed by atoms with Gasteiger partial charge in [-0.15, -0.1) is 0 Å². The van der Waals surface area contributed by atoms with Crippen molar-refractivity contribution in [3.63, 3.8) is 0 Å². The van der Waals surface area contributed by atoms with Crippen LogP contribution in [-0.4, -0.2) is 25.3 Å². The molecule has 5 heteroatoms. The summed E-state index contributed by atoms with van der Waals surface area (Å²) in [6.45, 7) is 6.68. The van der Waals surface area contributed by atoms with Gasteiger partial charge in [-0.05, 0) is 32.4 Å². The smallest absolute Gasteiger partial charge is 0.186 e. The molecule has 0 atom stereocenters. The predicted molar refractivity (Wildman–Crippen MR) is 73.3 cm³/mol. The highest BCUT2D eigenvalue weighted by atomic mass is 16.1. The van der Waals surface area contributed by atoms with Crippen molar-refractivity contribution >= 4 is 5.78 Å². The second-order valence-corrected chi connectivity index (χ2v) is 4.69. The summed E-state index contributed by atoms with van der Waals surface area (Å²) in [5, 5.41) is 8.67. The maximum atomic E-state index is 12.4. The molecular formula is C14H20N4O. The van der Waals surface area contributed by atoms with E-state index in [-0.39, 0.29) is 5.78 Å². The van der Waals surface area contributed by atoms with Crippen LogP contribution in [0, 0.1) is 6.92 Å². The van der Waals surface area contributed by atoms with E-state index in [2.05, 4.69) is 10.2 Å². The molecule has 0 saturated heterocycles. The summed E-state index contributed by atoms with van der Waals surface area (Å²) in [6.07, 6.45) is 1.21. The quantitative estimate of drug-likeness (QED) is 0.772. The predicted octanol–water partition coefficient (Wildman–Crippen LogP) is 1.93. The maximum Gasteiger partial charge on any atom is 0.186 e. The van der Waals surface area contributed by atoms with Crippen molar-refractivity contribution in [3.8, 4) is 0 Å². The van der Waals surface area contributed by atoms with Gasteiger partial charge in [0.1, 0.15) is 5.69 Å². The third-order valence-corrected chi connectivity index (χ3v) is 3.22. The number of carbonyl (C=O) groups excluding carboxylic acids is 1. The summed E-state index contributed by atoms with van der Waals surface area (Å²) in [7, 11) is 1.87. The normalized spacial score (nSPS) is 10.9. The Morgan fingerprint density at radius 2 is 2.00 bits per heavy atom.